The number of phosphoric acid groups is 1. The second kappa shape index (κ2) is 25.9. The number of quaternary nitrogens is 1. The van der Waals surface area contributed by atoms with E-state index < -0.39 is 20.0 Å². The maximum Gasteiger partial charge on any atom is 0.472 e. The van der Waals surface area contributed by atoms with Crippen LogP contribution in [0.25, 0.3) is 0 Å². The van der Waals surface area contributed by atoms with E-state index in [9.17, 15) is 19.4 Å². The summed E-state index contributed by atoms with van der Waals surface area (Å²) in [6, 6.07) is -0.748. The van der Waals surface area contributed by atoms with Crippen molar-refractivity contribution in [2.24, 2.45) is 0 Å². The first-order valence-electron chi connectivity index (χ1n) is 16.9. The standard InChI is InChI=1S/C32H67N2O6P/c1-6-8-10-12-14-15-16-17-18-20-21-23-25-31(35)30(29-40-41(37,38)39-28-27-34(3,4)5)33-32(36)26-24-22-19-13-11-9-7-2/h30-31,35H,6-29H2,1-5H3,(H-,33,36,37,38)/p+1. The molecular formula is C32H68N2O6P+. The van der Waals surface area contributed by atoms with Crippen molar-refractivity contribution in [3.05, 3.63) is 0 Å². The van der Waals surface area contributed by atoms with Crippen LogP contribution in [0.1, 0.15) is 149 Å². The number of carbonyl (C=O) groups is 1. The fourth-order valence-electron chi connectivity index (χ4n) is 4.81. The summed E-state index contributed by atoms with van der Waals surface area (Å²) in [5, 5.41) is 13.8. The number of nitrogens with zero attached hydrogens (tertiary/aromatic N) is 1. The molecule has 0 aliphatic rings. The number of aliphatic hydroxyl groups excluding tert-OH is 1. The molecule has 0 bridgehead atoms. The molecule has 3 N–H and O–H groups in total. The minimum Gasteiger partial charge on any atom is -0.391 e. The fraction of sp³-hybridized carbons (Fsp3) is 0.969. The van der Waals surface area contributed by atoms with Gasteiger partial charge in [0.15, 0.2) is 0 Å². The average molecular weight is 608 g/mol. The van der Waals surface area contributed by atoms with Gasteiger partial charge in [-0.05, 0) is 12.8 Å². The van der Waals surface area contributed by atoms with Crippen molar-refractivity contribution < 1.29 is 32.9 Å². The second-order valence-corrected chi connectivity index (χ2v) is 14.4. The van der Waals surface area contributed by atoms with E-state index in [1.807, 2.05) is 21.1 Å². The van der Waals surface area contributed by atoms with Gasteiger partial charge in [0.2, 0.25) is 5.91 Å². The van der Waals surface area contributed by atoms with Crippen molar-refractivity contribution in [2.45, 2.75) is 161 Å². The highest BCUT2D eigenvalue weighted by Crippen LogP contribution is 2.43. The monoisotopic (exact) mass is 607 g/mol. The average Bonchev–Trinajstić information content (AvgIpc) is 2.90. The molecule has 3 atom stereocenters. The van der Waals surface area contributed by atoms with Gasteiger partial charge in [-0.25, -0.2) is 4.57 Å². The Morgan fingerprint density at radius 2 is 1.17 bits per heavy atom. The van der Waals surface area contributed by atoms with Gasteiger partial charge in [-0.15, -0.1) is 0 Å². The molecule has 0 aliphatic heterocycles. The molecule has 0 aliphatic carbocycles. The quantitative estimate of drug-likeness (QED) is 0.0435. The normalized spacial score (nSPS) is 15.0. The van der Waals surface area contributed by atoms with Gasteiger partial charge in [-0.1, -0.05) is 129 Å². The maximum atomic E-state index is 12.6. The zero-order valence-corrected chi connectivity index (χ0v) is 28.4. The van der Waals surface area contributed by atoms with Crippen LogP contribution in [0.2, 0.25) is 0 Å². The van der Waals surface area contributed by atoms with Crippen molar-refractivity contribution in [1.29, 1.82) is 0 Å². The third kappa shape index (κ3) is 28.1. The highest BCUT2D eigenvalue weighted by atomic mass is 31.2. The molecule has 0 aromatic carbocycles. The van der Waals surface area contributed by atoms with Crippen LogP contribution in [-0.4, -0.2) is 73.4 Å². The Hall–Kier alpha value is -0.500. The highest BCUT2D eigenvalue weighted by molar-refractivity contribution is 7.47. The molecule has 0 heterocycles. The van der Waals surface area contributed by atoms with Crippen LogP contribution in [0, 0.1) is 0 Å². The molecule has 0 radical (unpaired) electrons. The third-order valence-electron chi connectivity index (χ3n) is 7.61. The molecule has 246 valence electrons. The molecular weight excluding hydrogens is 539 g/mol. The van der Waals surface area contributed by atoms with E-state index in [2.05, 4.69) is 19.2 Å². The Balaban J connectivity index is 4.51. The number of likely N-dealkylation sites (N-methyl/N-ethyl adjacent to an activating group) is 1. The van der Waals surface area contributed by atoms with Crippen molar-refractivity contribution in [3.63, 3.8) is 0 Å². The first-order valence-corrected chi connectivity index (χ1v) is 18.4. The Morgan fingerprint density at radius 1 is 0.732 bits per heavy atom. The Bertz CT molecular complexity index is 659. The summed E-state index contributed by atoms with van der Waals surface area (Å²) in [5.41, 5.74) is 0. The summed E-state index contributed by atoms with van der Waals surface area (Å²) in [7, 11) is 1.62. The van der Waals surface area contributed by atoms with Crippen molar-refractivity contribution >= 4 is 13.7 Å². The Morgan fingerprint density at radius 3 is 1.63 bits per heavy atom. The third-order valence-corrected chi connectivity index (χ3v) is 8.59. The predicted molar refractivity (Wildman–Crippen MR) is 171 cm³/mol. The van der Waals surface area contributed by atoms with E-state index in [0.29, 0.717) is 23.9 Å². The van der Waals surface area contributed by atoms with Crippen LogP contribution in [0.5, 0.6) is 0 Å². The molecule has 9 heteroatoms. The second-order valence-electron chi connectivity index (χ2n) is 12.9. The summed E-state index contributed by atoms with van der Waals surface area (Å²) in [6.45, 7) is 4.81. The lowest BCUT2D eigenvalue weighted by atomic mass is 10.0. The van der Waals surface area contributed by atoms with Gasteiger partial charge in [0, 0.05) is 6.42 Å². The lowest BCUT2D eigenvalue weighted by Gasteiger charge is -2.26. The predicted octanol–water partition coefficient (Wildman–Crippen LogP) is 7.90. The number of hydrogen-bond acceptors (Lipinski definition) is 5. The summed E-state index contributed by atoms with van der Waals surface area (Å²) >= 11 is 0. The van der Waals surface area contributed by atoms with Crippen LogP contribution < -0.4 is 5.32 Å². The molecule has 0 rings (SSSR count). The number of unbranched alkanes of at least 4 members (excludes halogenated alkanes) is 17. The fourth-order valence-corrected chi connectivity index (χ4v) is 5.54. The van der Waals surface area contributed by atoms with E-state index in [1.165, 1.54) is 83.5 Å². The first kappa shape index (κ1) is 40.5. The number of nitrogens with one attached hydrogen (secondary N) is 1. The van der Waals surface area contributed by atoms with Gasteiger partial charge in [0.05, 0.1) is 39.9 Å². The number of carbonyl (C=O) groups excluding carboxylic acids is 1. The molecule has 0 saturated heterocycles. The topological polar surface area (TPSA) is 105 Å². The van der Waals surface area contributed by atoms with Crippen molar-refractivity contribution in [2.75, 3.05) is 40.9 Å². The van der Waals surface area contributed by atoms with Gasteiger partial charge in [-0.2, -0.15) is 0 Å². The SMILES string of the molecule is CCCCCCCCCCCCCCC(O)C(COP(=O)(O)OCC[N+](C)(C)C)NC(=O)CCCCCCCCC. The van der Waals surface area contributed by atoms with E-state index in [4.69, 9.17) is 9.05 Å². The zero-order chi connectivity index (χ0) is 30.8. The number of amides is 1. The van der Waals surface area contributed by atoms with Gasteiger partial charge in [0.1, 0.15) is 13.2 Å². The highest BCUT2D eigenvalue weighted by Gasteiger charge is 2.28. The summed E-state index contributed by atoms with van der Waals surface area (Å²) in [4.78, 5) is 22.8. The largest absolute Gasteiger partial charge is 0.472 e. The minimum atomic E-state index is -4.29. The molecule has 0 spiro atoms. The minimum absolute atomic E-state index is 0.0774. The molecule has 3 unspecified atom stereocenters. The summed E-state index contributed by atoms with van der Waals surface area (Å²) in [6.07, 6.45) is 22.7. The summed E-state index contributed by atoms with van der Waals surface area (Å²) in [5.74, 6) is -0.153. The molecule has 0 saturated carbocycles. The van der Waals surface area contributed by atoms with E-state index in [0.717, 1.165) is 38.5 Å². The van der Waals surface area contributed by atoms with Crippen molar-refractivity contribution in [1.82, 2.24) is 5.32 Å². The van der Waals surface area contributed by atoms with E-state index in [1.54, 1.807) is 0 Å². The summed E-state index contributed by atoms with van der Waals surface area (Å²) < 4.78 is 23.4. The van der Waals surface area contributed by atoms with Crippen molar-refractivity contribution in [3.8, 4) is 0 Å². The Labute approximate surface area is 253 Å². The van der Waals surface area contributed by atoms with E-state index in [-0.39, 0.29) is 19.1 Å². The molecule has 1 amide bonds. The molecule has 0 aromatic heterocycles. The van der Waals surface area contributed by atoms with Crippen LogP contribution in [0.3, 0.4) is 0 Å². The van der Waals surface area contributed by atoms with Gasteiger partial charge < -0.3 is 19.8 Å². The first-order chi connectivity index (χ1) is 19.5. The number of aliphatic hydroxyl groups is 1. The smallest absolute Gasteiger partial charge is 0.391 e. The van der Waals surface area contributed by atoms with Crippen LogP contribution in [0.15, 0.2) is 0 Å². The van der Waals surface area contributed by atoms with Crippen LogP contribution in [0.4, 0.5) is 0 Å². The number of hydrogen-bond donors (Lipinski definition) is 3. The number of rotatable bonds is 30. The lowest BCUT2D eigenvalue weighted by molar-refractivity contribution is -0.870. The van der Waals surface area contributed by atoms with Crippen LogP contribution >= 0.6 is 7.82 Å². The van der Waals surface area contributed by atoms with E-state index >= 15 is 0 Å². The molecule has 0 fully saturated rings. The van der Waals surface area contributed by atoms with Crippen LogP contribution in [-0.2, 0) is 18.4 Å². The Kier molecular flexibility index (Phi) is 25.6. The van der Waals surface area contributed by atoms with Gasteiger partial charge in [-0.3, -0.25) is 13.8 Å². The molecule has 0 aromatic rings. The lowest BCUT2D eigenvalue weighted by Crippen LogP contribution is -2.46. The van der Waals surface area contributed by atoms with Gasteiger partial charge in [0.25, 0.3) is 0 Å². The maximum absolute atomic E-state index is 12.6. The number of phosphoric ester groups is 1. The molecule has 8 nitrogen and oxygen atoms in total. The van der Waals surface area contributed by atoms with Gasteiger partial charge >= 0.3 is 7.82 Å². The molecule has 41 heavy (non-hydrogen) atoms. The zero-order valence-electron chi connectivity index (χ0n) is 27.5.